The van der Waals surface area contributed by atoms with Gasteiger partial charge in [-0.05, 0) is 78.1 Å². The van der Waals surface area contributed by atoms with Crippen LogP contribution in [0.25, 0.3) is 10.8 Å². The van der Waals surface area contributed by atoms with Gasteiger partial charge in [0.15, 0.2) is 0 Å². The van der Waals surface area contributed by atoms with Crippen molar-refractivity contribution in [2.24, 2.45) is 5.92 Å². The Kier molecular flexibility index (Phi) is 5.13. The lowest BCUT2D eigenvalue weighted by Crippen LogP contribution is -2.04. The molecular formula is C24H24BrF. The molecule has 1 aliphatic rings. The molecule has 0 saturated heterocycles. The van der Waals surface area contributed by atoms with Gasteiger partial charge in [0.1, 0.15) is 5.82 Å². The fourth-order valence-electron chi connectivity index (χ4n) is 4.69. The molecule has 0 amide bonds. The van der Waals surface area contributed by atoms with E-state index >= 15 is 0 Å². The van der Waals surface area contributed by atoms with Crippen molar-refractivity contribution in [3.63, 3.8) is 0 Å². The van der Waals surface area contributed by atoms with Crippen LogP contribution in [0, 0.1) is 11.7 Å². The second-order valence-corrected chi connectivity index (χ2v) is 8.67. The van der Waals surface area contributed by atoms with Gasteiger partial charge >= 0.3 is 0 Å². The number of benzene rings is 3. The first kappa shape index (κ1) is 17.7. The van der Waals surface area contributed by atoms with Crippen molar-refractivity contribution >= 4 is 26.7 Å². The second kappa shape index (κ2) is 7.52. The Balaban J connectivity index is 1.49. The first-order chi connectivity index (χ1) is 12.6. The minimum Gasteiger partial charge on any atom is -0.206 e. The van der Waals surface area contributed by atoms with Crippen LogP contribution in [-0.4, -0.2) is 0 Å². The number of halogens is 2. The Morgan fingerprint density at radius 3 is 2.62 bits per heavy atom. The van der Waals surface area contributed by atoms with E-state index in [4.69, 9.17) is 0 Å². The van der Waals surface area contributed by atoms with Crippen LogP contribution in [0.4, 0.5) is 4.39 Å². The first-order valence-electron chi connectivity index (χ1n) is 9.54. The summed E-state index contributed by atoms with van der Waals surface area (Å²) in [5.41, 5.74) is 2.75. The number of fused-ring (bicyclic) bond motifs is 1. The van der Waals surface area contributed by atoms with Crippen LogP contribution in [0.1, 0.15) is 55.6 Å². The van der Waals surface area contributed by atoms with Crippen LogP contribution >= 0.6 is 15.9 Å². The van der Waals surface area contributed by atoms with Gasteiger partial charge in [-0.3, -0.25) is 0 Å². The zero-order chi connectivity index (χ0) is 18.1. The summed E-state index contributed by atoms with van der Waals surface area (Å²) in [5, 5.41) is 1.82. The Labute approximate surface area is 163 Å². The van der Waals surface area contributed by atoms with Crippen molar-refractivity contribution in [1.82, 2.24) is 0 Å². The molecule has 0 radical (unpaired) electrons. The highest BCUT2D eigenvalue weighted by Gasteiger charge is 2.27. The second-order valence-electron chi connectivity index (χ2n) is 7.75. The average Bonchev–Trinajstić information content (AvgIpc) is 3.11. The normalized spacial score (nSPS) is 21.2. The van der Waals surface area contributed by atoms with Crippen LogP contribution in [0.5, 0.6) is 0 Å². The zero-order valence-electron chi connectivity index (χ0n) is 15.1. The molecule has 134 valence electrons. The fourth-order valence-corrected chi connectivity index (χ4v) is 5.11. The van der Waals surface area contributed by atoms with Crippen LogP contribution in [-0.2, 0) is 0 Å². The van der Waals surface area contributed by atoms with Gasteiger partial charge in [-0.1, -0.05) is 65.3 Å². The van der Waals surface area contributed by atoms with Crippen LogP contribution in [0.15, 0.2) is 65.1 Å². The van der Waals surface area contributed by atoms with E-state index in [1.807, 2.05) is 24.3 Å². The highest BCUT2D eigenvalue weighted by Crippen LogP contribution is 2.43. The van der Waals surface area contributed by atoms with Crippen LogP contribution in [0.3, 0.4) is 0 Å². The Hall–Kier alpha value is -1.67. The maximum atomic E-state index is 14.1. The predicted molar refractivity (Wildman–Crippen MR) is 111 cm³/mol. The van der Waals surface area contributed by atoms with Crippen molar-refractivity contribution < 1.29 is 4.39 Å². The molecule has 4 rings (SSSR count). The third-order valence-electron chi connectivity index (χ3n) is 5.98. The maximum absolute atomic E-state index is 14.1. The zero-order valence-corrected chi connectivity index (χ0v) is 16.7. The summed E-state index contributed by atoms with van der Waals surface area (Å²) in [4.78, 5) is 0. The van der Waals surface area contributed by atoms with Gasteiger partial charge in [0.05, 0.1) is 0 Å². The smallest absolute Gasteiger partial charge is 0.131 e. The van der Waals surface area contributed by atoms with Gasteiger partial charge in [-0.25, -0.2) is 4.39 Å². The van der Waals surface area contributed by atoms with Crippen LogP contribution < -0.4 is 0 Å². The molecule has 3 atom stereocenters. The van der Waals surface area contributed by atoms with E-state index in [-0.39, 0.29) is 5.82 Å². The van der Waals surface area contributed by atoms with Gasteiger partial charge in [-0.2, -0.15) is 0 Å². The first-order valence-corrected chi connectivity index (χ1v) is 10.3. The Morgan fingerprint density at radius 1 is 1.00 bits per heavy atom. The minimum absolute atomic E-state index is 0.118. The molecule has 26 heavy (non-hydrogen) atoms. The molecule has 1 saturated carbocycles. The molecular weight excluding hydrogens is 387 g/mol. The molecule has 3 aromatic rings. The van der Waals surface area contributed by atoms with Gasteiger partial charge < -0.3 is 0 Å². The summed E-state index contributed by atoms with van der Waals surface area (Å²) in [7, 11) is 0. The Morgan fingerprint density at radius 2 is 1.81 bits per heavy atom. The van der Waals surface area contributed by atoms with E-state index in [0.29, 0.717) is 11.8 Å². The van der Waals surface area contributed by atoms with Gasteiger partial charge in [-0.15, -0.1) is 0 Å². The summed E-state index contributed by atoms with van der Waals surface area (Å²) in [6.45, 7) is 2.30. The molecule has 3 aromatic carbocycles. The third-order valence-corrected chi connectivity index (χ3v) is 6.48. The minimum atomic E-state index is -0.118. The number of rotatable bonds is 4. The lowest BCUT2D eigenvalue weighted by molar-refractivity contribution is 0.455. The molecule has 2 heteroatoms. The monoisotopic (exact) mass is 410 g/mol. The largest absolute Gasteiger partial charge is 0.206 e. The Bertz CT molecular complexity index is 917. The molecule has 0 heterocycles. The topological polar surface area (TPSA) is 0 Å². The van der Waals surface area contributed by atoms with Gasteiger partial charge in [0.25, 0.3) is 0 Å². The standard InChI is InChI=1S/C24H24BrF/c1-16(21-11-12-24(26)23-8-3-2-7-22(21)23)13-17-9-10-19(14-17)18-5-4-6-20(25)15-18/h2-8,11-12,15-17,19H,9-10,13-14H2,1H3/t16-,17+,19+/m0/s1. The molecule has 0 aliphatic heterocycles. The highest BCUT2D eigenvalue weighted by atomic mass is 79.9. The van der Waals surface area contributed by atoms with Crippen LogP contribution in [0.2, 0.25) is 0 Å². The fraction of sp³-hybridized carbons (Fsp3) is 0.333. The quantitative estimate of drug-likeness (QED) is 0.411. The summed E-state index contributed by atoms with van der Waals surface area (Å²) in [5.74, 6) is 1.76. The molecule has 0 N–H and O–H groups in total. The van der Waals surface area contributed by atoms with Crippen molar-refractivity contribution in [3.05, 3.63) is 82.1 Å². The van der Waals surface area contributed by atoms with E-state index in [0.717, 1.165) is 16.7 Å². The molecule has 0 unspecified atom stereocenters. The third kappa shape index (κ3) is 3.57. The van der Waals surface area contributed by atoms with E-state index in [2.05, 4.69) is 53.2 Å². The van der Waals surface area contributed by atoms with Crippen molar-refractivity contribution in [2.45, 2.75) is 44.4 Å². The van der Waals surface area contributed by atoms with E-state index in [1.165, 1.54) is 41.3 Å². The van der Waals surface area contributed by atoms with Crippen molar-refractivity contribution in [1.29, 1.82) is 0 Å². The summed E-state index contributed by atoms with van der Waals surface area (Å²) >= 11 is 3.59. The van der Waals surface area contributed by atoms with Gasteiger partial charge in [0.2, 0.25) is 0 Å². The molecule has 0 aromatic heterocycles. The SMILES string of the molecule is C[C@@H](C[C@H]1CC[C@@H](c2cccc(Br)c2)C1)c1ccc(F)c2ccccc12. The molecule has 0 bridgehead atoms. The van der Waals surface area contributed by atoms with Crippen molar-refractivity contribution in [3.8, 4) is 0 Å². The van der Waals surface area contributed by atoms with Crippen molar-refractivity contribution in [2.75, 3.05) is 0 Å². The molecule has 1 fully saturated rings. The summed E-state index contributed by atoms with van der Waals surface area (Å²) in [6.07, 6.45) is 5.01. The van der Waals surface area contributed by atoms with Gasteiger partial charge in [0, 0.05) is 9.86 Å². The lowest BCUT2D eigenvalue weighted by atomic mass is 9.86. The van der Waals surface area contributed by atoms with E-state index in [9.17, 15) is 4.39 Å². The molecule has 0 spiro atoms. The molecule has 0 nitrogen and oxygen atoms in total. The summed E-state index contributed by atoms with van der Waals surface area (Å²) < 4.78 is 15.3. The number of hydrogen-bond acceptors (Lipinski definition) is 0. The molecule has 1 aliphatic carbocycles. The van der Waals surface area contributed by atoms with E-state index < -0.39 is 0 Å². The van der Waals surface area contributed by atoms with E-state index in [1.54, 1.807) is 6.07 Å². The maximum Gasteiger partial charge on any atom is 0.131 e. The average molecular weight is 411 g/mol. The predicted octanol–water partition coefficient (Wildman–Crippen LogP) is 7.82. The summed E-state index contributed by atoms with van der Waals surface area (Å²) in [6, 6.07) is 20.3. The number of hydrogen-bond donors (Lipinski definition) is 0. The lowest BCUT2D eigenvalue weighted by Gasteiger charge is -2.19. The highest BCUT2D eigenvalue weighted by molar-refractivity contribution is 9.10.